The average molecular weight is 351 g/mol. The molecule has 1 N–H and O–H groups in total. The highest BCUT2D eigenvalue weighted by molar-refractivity contribution is 5.90. The number of carbonyl (C=O) groups is 1. The summed E-state index contributed by atoms with van der Waals surface area (Å²) in [6, 6.07) is 14.3. The average Bonchev–Trinajstić information content (AvgIpc) is 2.58. The fourth-order valence-corrected chi connectivity index (χ4v) is 2.24. The summed E-state index contributed by atoms with van der Waals surface area (Å²) in [6.07, 6.45) is -2.74. The minimum absolute atomic E-state index is 0.244. The largest absolute Gasteiger partial charge is 0.416 e. The number of hydrogen-bond acceptors (Lipinski definition) is 2. The Hall–Kier alpha value is -2.34. The van der Waals surface area contributed by atoms with E-state index in [1.807, 2.05) is 30.3 Å². The number of nitrogens with one attached hydrogen (secondary N) is 1. The first-order valence-electron chi connectivity index (χ1n) is 8.04. The summed E-state index contributed by atoms with van der Waals surface area (Å²) < 4.78 is 42.9. The van der Waals surface area contributed by atoms with Crippen LogP contribution in [0.4, 0.5) is 18.9 Å². The first-order valence-corrected chi connectivity index (χ1v) is 8.04. The Labute approximate surface area is 144 Å². The van der Waals surface area contributed by atoms with Crippen LogP contribution in [0, 0.1) is 0 Å². The Kier molecular flexibility index (Phi) is 7.01. The smallest absolute Gasteiger partial charge is 0.381 e. The van der Waals surface area contributed by atoms with E-state index in [2.05, 4.69) is 5.32 Å². The molecule has 0 saturated carbocycles. The van der Waals surface area contributed by atoms with Crippen LogP contribution >= 0.6 is 0 Å². The van der Waals surface area contributed by atoms with Crippen molar-refractivity contribution in [3.8, 4) is 0 Å². The van der Waals surface area contributed by atoms with Crippen LogP contribution in [0.1, 0.15) is 24.0 Å². The van der Waals surface area contributed by atoms with Gasteiger partial charge in [-0.1, -0.05) is 30.3 Å². The van der Waals surface area contributed by atoms with Gasteiger partial charge in [0.05, 0.1) is 12.2 Å². The normalized spacial score (nSPS) is 11.3. The third-order valence-corrected chi connectivity index (χ3v) is 3.57. The first kappa shape index (κ1) is 19.0. The minimum atomic E-state index is -4.38. The van der Waals surface area contributed by atoms with Gasteiger partial charge in [-0.05, 0) is 42.7 Å². The predicted octanol–water partition coefficient (Wildman–Crippen LogP) is 4.68. The van der Waals surface area contributed by atoms with Gasteiger partial charge in [0, 0.05) is 18.7 Å². The molecule has 2 aromatic rings. The molecule has 3 nitrogen and oxygen atoms in total. The highest BCUT2D eigenvalue weighted by Gasteiger charge is 2.29. The Morgan fingerprint density at radius 2 is 1.64 bits per heavy atom. The SMILES string of the molecule is O=C(CCCOCCc1ccccc1)Nc1ccc(C(F)(F)F)cc1. The van der Waals surface area contributed by atoms with E-state index in [9.17, 15) is 18.0 Å². The Morgan fingerprint density at radius 3 is 2.28 bits per heavy atom. The lowest BCUT2D eigenvalue weighted by molar-refractivity contribution is -0.137. The van der Waals surface area contributed by atoms with Gasteiger partial charge in [0.25, 0.3) is 0 Å². The summed E-state index contributed by atoms with van der Waals surface area (Å²) in [6.45, 7) is 1.05. The molecular weight excluding hydrogens is 331 g/mol. The quantitative estimate of drug-likeness (QED) is 0.701. The second-order valence-corrected chi connectivity index (χ2v) is 5.57. The predicted molar refractivity (Wildman–Crippen MR) is 90.3 cm³/mol. The van der Waals surface area contributed by atoms with Crippen LogP contribution in [0.5, 0.6) is 0 Å². The van der Waals surface area contributed by atoms with Crippen LogP contribution in [0.3, 0.4) is 0 Å². The summed E-state index contributed by atoms with van der Waals surface area (Å²) in [7, 11) is 0. The lowest BCUT2D eigenvalue weighted by atomic mass is 10.2. The maximum atomic E-state index is 12.5. The topological polar surface area (TPSA) is 38.3 Å². The van der Waals surface area contributed by atoms with Gasteiger partial charge in [-0.2, -0.15) is 13.2 Å². The van der Waals surface area contributed by atoms with E-state index in [-0.39, 0.29) is 12.3 Å². The molecule has 2 rings (SSSR count). The van der Waals surface area contributed by atoms with Crippen molar-refractivity contribution in [2.45, 2.75) is 25.4 Å². The highest BCUT2D eigenvalue weighted by Crippen LogP contribution is 2.29. The molecule has 0 unspecified atom stereocenters. The summed E-state index contributed by atoms with van der Waals surface area (Å²) in [5.41, 5.74) is 0.808. The van der Waals surface area contributed by atoms with Crippen LogP contribution in [0.2, 0.25) is 0 Å². The molecule has 6 heteroatoms. The van der Waals surface area contributed by atoms with Gasteiger partial charge in [-0.15, -0.1) is 0 Å². The molecule has 0 atom stereocenters. The van der Waals surface area contributed by atoms with Crippen LogP contribution < -0.4 is 5.32 Å². The van der Waals surface area contributed by atoms with Gasteiger partial charge >= 0.3 is 6.18 Å². The van der Waals surface area contributed by atoms with E-state index in [1.165, 1.54) is 17.7 Å². The molecule has 2 aromatic carbocycles. The number of rotatable bonds is 8. The molecule has 0 aliphatic carbocycles. The van der Waals surface area contributed by atoms with Crippen LogP contribution in [0.15, 0.2) is 54.6 Å². The van der Waals surface area contributed by atoms with Crippen molar-refractivity contribution in [2.24, 2.45) is 0 Å². The molecule has 0 bridgehead atoms. The number of anilines is 1. The second kappa shape index (κ2) is 9.22. The summed E-state index contributed by atoms with van der Waals surface area (Å²) in [5.74, 6) is -0.244. The zero-order chi connectivity index (χ0) is 18.1. The Bertz CT molecular complexity index is 655. The monoisotopic (exact) mass is 351 g/mol. The number of alkyl halides is 3. The van der Waals surface area contributed by atoms with Crippen molar-refractivity contribution in [1.82, 2.24) is 0 Å². The molecule has 1 amide bonds. The minimum Gasteiger partial charge on any atom is -0.381 e. The number of halogens is 3. The van der Waals surface area contributed by atoms with Crippen LogP contribution in [-0.4, -0.2) is 19.1 Å². The van der Waals surface area contributed by atoms with Crippen LogP contribution in [0.25, 0.3) is 0 Å². The maximum Gasteiger partial charge on any atom is 0.416 e. The van der Waals surface area contributed by atoms with Gasteiger partial charge in [0.15, 0.2) is 0 Å². The van der Waals surface area contributed by atoms with Crippen molar-refractivity contribution in [2.75, 3.05) is 18.5 Å². The van der Waals surface area contributed by atoms with E-state index in [1.54, 1.807) is 0 Å². The first-order chi connectivity index (χ1) is 11.9. The maximum absolute atomic E-state index is 12.5. The van der Waals surface area contributed by atoms with Crippen molar-refractivity contribution in [3.05, 3.63) is 65.7 Å². The standard InChI is InChI=1S/C19H20F3NO2/c20-19(21,22)16-8-10-17(11-9-16)23-18(24)7-4-13-25-14-12-15-5-2-1-3-6-15/h1-3,5-6,8-11H,4,7,12-14H2,(H,23,24). The molecule has 0 fully saturated rings. The number of amides is 1. The van der Waals surface area contributed by atoms with Gasteiger partial charge < -0.3 is 10.1 Å². The molecule has 0 saturated heterocycles. The zero-order valence-electron chi connectivity index (χ0n) is 13.7. The lowest BCUT2D eigenvalue weighted by Crippen LogP contribution is -2.13. The zero-order valence-corrected chi connectivity index (χ0v) is 13.7. The molecule has 134 valence electrons. The number of benzene rings is 2. The van der Waals surface area contributed by atoms with Crippen LogP contribution in [-0.2, 0) is 22.1 Å². The molecule has 25 heavy (non-hydrogen) atoms. The van der Waals surface area contributed by atoms with Gasteiger partial charge in [0.1, 0.15) is 0 Å². The summed E-state index contributed by atoms with van der Waals surface area (Å²) in [4.78, 5) is 11.8. The van der Waals surface area contributed by atoms with Crippen molar-refractivity contribution < 1.29 is 22.7 Å². The van der Waals surface area contributed by atoms with E-state index in [0.717, 1.165) is 18.6 Å². The summed E-state index contributed by atoms with van der Waals surface area (Å²) >= 11 is 0. The molecule has 0 spiro atoms. The third-order valence-electron chi connectivity index (χ3n) is 3.57. The molecule has 0 aromatic heterocycles. The molecule has 0 aliphatic heterocycles. The second-order valence-electron chi connectivity index (χ2n) is 5.57. The molecule has 0 radical (unpaired) electrons. The summed E-state index contributed by atoms with van der Waals surface area (Å²) in [5, 5.41) is 2.58. The van der Waals surface area contributed by atoms with Gasteiger partial charge in [-0.25, -0.2) is 0 Å². The fourth-order valence-electron chi connectivity index (χ4n) is 2.24. The molecule has 0 heterocycles. The van der Waals surface area contributed by atoms with Gasteiger partial charge in [0.2, 0.25) is 5.91 Å². The highest BCUT2D eigenvalue weighted by atomic mass is 19.4. The molecular formula is C19H20F3NO2. The van der Waals surface area contributed by atoms with Crippen molar-refractivity contribution >= 4 is 11.6 Å². The van der Waals surface area contributed by atoms with E-state index < -0.39 is 11.7 Å². The van der Waals surface area contributed by atoms with E-state index in [4.69, 9.17) is 4.74 Å². The van der Waals surface area contributed by atoms with E-state index >= 15 is 0 Å². The number of ether oxygens (including phenoxy) is 1. The number of carbonyl (C=O) groups excluding carboxylic acids is 1. The van der Waals surface area contributed by atoms with E-state index in [0.29, 0.717) is 25.3 Å². The fraction of sp³-hybridized carbons (Fsp3) is 0.316. The lowest BCUT2D eigenvalue weighted by Gasteiger charge is -2.09. The third kappa shape index (κ3) is 6.97. The molecule has 0 aliphatic rings. The van der Waals surface area contributed by atoms with Gasteiger partial charge in [-0.3, -0.25) is 4.79 Å². The Morgan fingerprint density at radius 1 is 0.960 bits per heavy atom. The number of hydrogen-bond donors (Lipinski definition) is 1. The van der Waals surface area contributed by atoms with Crippen molar-refractivity contribution in [3.63, 3.8) is 0 Å². The van der Waals surface area contributed by atoms with Crippen molar-refractivity contribution in [1.29, 1.82) is 0 Å². The Balaban J connectivity index is 1.61.